The second-order valence-electron chi connectivity index (χ2n) is 17.8. The molecule has 0 saturated carbocycles. The van der Waals surface area contributed by atoms with Crippen LogP contribution in [0.1, 0.15) is 194 Å². The number of carbonyl (C=O) groups is 2. The number of esters is 2. The van der Waals surface area contributed by atoms with Crippen LogP contribution in [0.5, 0.6) is 0 Å². The van der Waals surface area contributed by atoms with Gasteiger partial charge in [-0.25, -0.2) is 4.57 Å². The summed E-state index contributed by atoms with van der Waals surface area (Å²) >= 11 is 0. The molecule has 2 atom stereocenters. The first kappa shape index (κ1) is 61.2. The first-order chi connectivity index (χ1) is 31.0. The van der Waals surface area contributed by atoms with Gasteiger partial charge in [0.25, 0.3) is 0 Å². The molecule has 0 aliphatic carbocycles. The molecule has 0 aromatic rings. The lowest BCUT2D eigenvalue weighted by molar-refractivity contribution is -0.870. The Morgan fingerprint density at radius 3 is 1.39 bits per heavy atom. The Labute approximate surface area is 392 Å². The molecule has 368 valence electrons. The number of ether oxygens (including phenoxy) is 2. The van der Waals surface area contributed by atoms with E-state index in [1.165, 1.54) is 103 Å². The summed E-state index contributed by atoms with van der Waals surface area (Å²) in [6.07, 6.45) is 59.4. The second-order valence-corrected chi connectivity index (χ2v) is 19.3. The predicted molar refractivity (Wildman–Crippen MR) is 270 cm³/mol. The minimum absolute atomic E-state index is 0.0139. The number of quaternary nitrogens is 1. The standard InChI is InChI=1S/C54H94NO8P/c1-6-8-10-12-14-16-18-20-22-24-26-27-29-30-32-34-36-38-40-42-44-46-53(56)60-50-52(51-62-64(58,59)61-49-48-55(3,4)5)63-54(57)47-45-43-41-39-37-35-33-31-28-25-23-21-19-17-15-13-11-9-7-2/h9,11,15,17,21,23-24,26,28,31,35,37,41,43,52H,6-8,10,12-14,16,18-20,22,25,27,29-30,32-34,36,38-40,42,44-51H2,1-5H3/p+1/b11-9-,17-15-,23-21-,26-24-,31-28-,37-35-,43-41-. The van der Waals surface area contributed by atoms with Crippen LogP contribution >= 0.6 is 7.82 Å². The molecule has 0 aromatic carbocycles. The maximum atomic E-state index is 12.7. The van der Waals surface area contributed by atoms with E-state index in [4.69, 9.17) is 18.5 Å². The first-order valence-corrected chi connectivity index (χ1v) is 26.8. The highest BCUT2D eigenvalue weighted by Crippen LogP contribution is 2.43. The summed E-state index contributed by atoms with van der Waals surface area (Å²) in [5.74, 6) is -0.902. The van der Waals surface area contributed by atoms with E-state index in [2.05, 4.69) is 86.8 Å². The summed E-state index contributed by atoms with van der Waals surface area (Å²) in [4.78, 5) is 35.5. The third kappa shape index (κ3) is 48.6. The number of rotatable bonds is 45. The van der Waals surface area contributed by atoms with Crippen molar-refractivity contribution in [2.75, 3.05) is 47.5 Å². The molecule has 0 radical (unpaired) electrons. The third-order valence-electron chi connectivity index (χ3n) is 10.4. The minimum Gasteiger partial charge on any atom is -0.462 e. The summed E-state index contributed by atoms with van der Waals surface area (Å²) in [6, 6.07) is 0. The van der Waals surface area contributed by atoms with Gasteiger partial charge in [0.15, 0.2) is 6.10 Å². The molecule has 9 nitrogen and oxygen atoms in total. The maximum Gasteiger partial charge on any atom is 0.472 e. The number of carbonyl (C=O) groups excluding carboxylic acids is 2. The van der Waals surface area contributed by atoms with Gasteiger partial charge in [-0.3, -0.25) is 18.6 Å². The highest BCUT2D eigenvalue weighted by atomic mass is 31.2. The summed E-state index contributed by atoms with van der Waals surface area (Å²) in [5.41, 5.74) is 0. The van der Waals surface area contributed by atoms with E-state index >= 15 is 0 Å². The number of unbranched alkanes of at least 4 members (excludes halogenated alkanes) is 17. The summed E-state index contributed by atoms with van der Waals surface area (Å²) < 4.78 is 34.3. The van der Waals surface area contributed by atoms with Crippen LogP contribution < -0.4 is 0 Å². The van der Waals surface area contributed by atoms with Gasteiger partial charge in [-0.15, -0.1) is 0 Å². The van der Waals surface area contributed by atoms with Crippen molar-refractivity contribution >= 4 is 19.8 Å². The molecule has 0 aromatic heterocycles. The molecule has 1 N–H and O–H groups in total. The average molecular weight is 917 g/mol. The van der Waals surface area contributed by atoms with E-state index in [-0.39, 0.29) is 26.1 Å². The van der Waals surface area contributed by atoms with E-state index in [9.17, 15) is 19.0 Å². The van der Waals surface area contributed by atoms with Crippen molar-refractivity contribution in [2.24, 2.45) is 0 Å². The van der Waals surface area contributed by atoms with Gasteiger partial charge in [0.2, 0.25) is 0 Å². The van der Waals surface area contributed by atoms with E-state index in [0.717, 1.165) is 57.8 Å². The molecular weight excluding hydrogens is 822 g/mol. The second kappa shape index (κ2) is 45.4. The van der Waals surface area contributed by atoms with Gasteiger partial charge in [-0.2, -0.15) is 0 Å². The van der Waals surface area contributed by atoms with Gasteiger partial charge < -0.3 is 18.9 Å². The fourth-order valence-electron chi connectivity index (χ4n) is 6.51. The average Bonchev–Trinajstić information content (AvgIpc) is 3.25. The van der Waals surface area contributed by atoms with Crippen LogP contribution in [0.2, 0.25) is 0 Å². The number of allylic oxidation sites excluding steroid dienone is 14. The summed E-state index contributed by atoms with van der Waals surface area (Å²) in [5, 5.41) is 0. The quantitative estimate of drug-likeness (QED) is 0.0212. The smallest absolute Gasteiger partial charge is 0.462 e. The van der Waals surface area contributed by atoms with Gasteiger partial charge in [-0.05, 0) is 77.0 Å². The minimum atomic E-state index is -4.41. The molecule has 2 unspecified atom stereocenters. The van der Waals surface area contributed by atoms with Crippen LogP contribution in [0.25, 0.3) is 0 Å². The van der Waals surface area contributed by atoms with Crippen LogP contribution in [0, 0.1) is 0 Å². The zero-order chi connectivity index (χ0) is 47.1. The predicted octanol–water partition coefficient (Wildman–Crippen LogP) is 15.1. The molecule has 0 heterocycles. The Balaban J connectivity index is 4.38. The Morgan fingerprint density at radius 2 is 0.922 bits per heavy atom. The van der Waals surface area contributed by atoms with E-state index in [0.29, 0.717) is 17.4 Å². The molecular formula is C54H95NO8P+. The van der Waals surface area contributed by atoms with Crippen molar-refractivity contribution in [1.82, 2.24) is 0 Å². The lowest BCUT2D eigenvalue weighted by Gasteiger charge is -2.24. The fourth-order valence-corrected chi connectivity index (χ4v) is 7.25. The topological polar surface area (TPSA) is 108 Å². The normalized spacial score (nSPS) is 14.2. The van der Waals surface area contributed by atoms with Gasteiger partial charge >= 0.3 is 19.8 Å². The maximum absolute atomic E-state index is 12.7. The fraction of sp³-hybridized carbons (Fsp3) is 0.704. The zero-order valence-corrected chi connectivity index (χ0v) is 42.4. The van der Waals surface area contributed by atoms with Crippen molar-refractivity contribution < 1.29 is 42.1 Å². The molecule has 0 aliphatic rings. The molecule has 0 amide bonds. The van der Waals surface area contributed by atoms with Crippen molar-refractivity contribution in [3.05, 3.63) is 85.1 Å². The Morgan fingerprint density at radius 1 is 0.500 bits per heavy atom. The van der Waals surface area contributed by atoms with E-state index in [1.54, 1.807) is 0 Å². The van der Waals surface area contributed by atoms with E-state index in [1.807, 2.05) is 33.3 Å². The third-order valence-corrected chi connectivity index (χ3v) is 11.4. The Kier molecular flexibility index (Phi) is 43.4. The monoisotopic (exact) mass is 917 g/mol. The SMILES string of the molecule is CC/C=C\C/C=C\C/C=C\C/C=C\C/C=C\C/C=C\CCC(=O)OC(COC(=O)CCCCCCCCCCC/C=C\CCCCCCCCCC)COP(=O)(O)OCC[N+](C)(C)C. The van der Waals surface area contributed by atoms with Crippen LogP contribution in [-0.2, 0) is 32.7 Å². The molecule has 0 spiro atoms. The van der Waals surface area contributed by atoms with Crippen LogP contribution in [0.3, 0.4) is 0 Å². The summed E-state index contributed by atoms with van der Waals surface area (Å²) in [7, 11) is 1.42. The molecule has 0 saturated heterocycles. The molecule has 10 heteroatoms. The number of nitrogens with zero attached hydrogens (tertiary/aromatic N) is 1. The number of hydrogen-bond acceptors (Lipinski definition) is 7. The number of phosphoric acid groups is 1. The lowest BCUT2D eigenvalue weighted by atomic mass is 10.1. The molecule has 0 aliphatic heterocycles. The van der Waals surface area contributed by atoms with E-state index < -0.39 is 32.5 Å². The van der Waals surface area contributed by atoms with Gasteiger partial charge in [-0.1, -0.05) is 189 Å². The van der Waals surface area contributed by atoms with Crippen molar-refractivity contribution in [1.29, 1.82) is 0 Å². The van der Waals surface area contributed by atoms with Gasteiger partial charge in [0.05, 0.1) is 27.7 Å². The zero-order valence-electron chi connectivity index (χ0n) is 41.5. The molecule has 0 rings (SSSR count). The Hall–Kier alpha value is -2.81. The highest BCUT2D eigenvalue weighted by molar-refractivity contribution is 7.47. The molecule has 0 fully saturated rings. The van der Waals surface area contributed by atoms with Crippen LogP contribution in [0.4, 0.5) is 0 Å². The summed E-state index contributed by atoms with van der Waals surface area (Å²) in [6.45, 7) is 4.22. The highest BCUT2D eigenvalue weighted by Gasteiger charge is 2.27. The van der Waals surface area contributed by atoms with Crippen molar-refractivity contribution in [3.8, 4) is 0 Å². The largest absolute Gasteiger partial charge is 0.472 e. The van der Waals surface area contributed by atoms with Crippen molar-refractivity contribution in [3.63, 3.8) is 0 Å². The van der Waals surface area contributed by atoms with Crippen LogP contribution in [0.15, 0.2) is 85.1 Å². The molecule has 64 heavy (non-hydrogen) atoms. The van der Waals surface area contributed by atoms with Gasteiger partial charge in [0, 0.05) is 12.8 Å². The first-order valence-electron chi connectivity index (χ1n) is 25.3. The van der Waals surface area contributed by atoms with Gasteiger partial charge in [0.1, 0.15) is 19.8 Å². The lowest BCUT2D eigenvalue weighted by Crippen LogP contribution is -2.37. The number of likely N-dealkylation sites (N-methyl/N-ethyl adjacent to an activating group) is 1. The van der Waals surface area contributed by atoms with Crippen molar-refractivity contribution in [2.45, 2.75) is 200 Å². The number of phosphoric ester groups is 1. The Bertz CT molecular complexity index is 1360. The molecule has 0 bridgehead atoms. The van der Waals surface area contributed by atoms with Crippen LogP contribution in [-0.4, -0.2) is 74.9 Å². The number of hydrogen-bond donors (Lipinski definition) is 1.